The molecular formula is C9H10BrFN2O2. The van der Waals surface area contributed by atoms with Gasteiger partial charge in [0.05, 0.1) is 17.1 Å². The summed E-state index contributed by atoms with van der Waals surface area (Å²) in [6, 6.07) is 2.41. The molecule has 0 bridgehead atoms. The van der Waals surface area contributed by atoms with Crippen molar-refractivity contribution in [2.75, 3.05) is 19.9 Å². The average Bonchev–Trinajstić information content (AvgIpc) is 2.21. The molecule has 0 spiro atoms. The van der Waals surface area contributed by atoms with Gasteiger partial charge in [-0.05, 0) is 28.1 Å². The van der Waals surface area contributed by atoms with Crippen LogP contribution >= 0.6 is 15.9 Å². The first-order valence-electron chi connectivity index (χ1n) is 4.04. The minimum Gasteiger partial charge on any atom is -0.398 e. The minimum atomic E-state index is -0.544. The van der Waals surface area contributed by atoms with Crippen molar-refractivity contribution >= 4 is 27.5 Å². The molecule has 0 unspecified atom stereocenters. The van der Waals surface area contributed by atoms with Gasteiger partial charge in [-0.3, -0.25) is 9.63 Å². The first kappa shape index (κ1) is 11.9. The molecule has 0 atom stereocenters. The van der Waals surface area contributed by atoms with Crippen molar-refractivity contribution in [3.8, 4) is 0 Å². The SMILES string of the molecule is CON(C)C(=O)c1cc(F)c(Br)cc1N. The highest BCUT2D eigenvalue weighted by molar-refractivity contribution is 9.10. The van der Waals surface area contributed by atoms with Gasteiger partial charge in [-0.15, -0.1) is 0 Å². The van der Waals surface area contributed by atoms with Gasteiger partial charge in [0.25, 0.3) is 5.91 Å². The van der Waals surface area contributed by atoms with E-state index >= 15 is 0 Å². The van der Waals surface area contributed by atoms with E-state index < -0.39 is 11.7 Å². The van der Waals surface area contributed by atoms with Gasteiger partial charge in [0.1, 0.15) is 5.82 Å². The Hall–Kier alpha value is -1.14. The van der Waals surface area contributed by atoms with Crippen LogP contribution in [0.15, 0.2) is 16.6 Å². The molecule has 0 radical (unpaired) electrons. The highest BCUT2D eigenvalue weighted by Crippen LogP contribution is 2.23. The van der Waals surface area contributed by atoms with Crippen molar-refractivity contribution in [2.45, 2.75) is 0 Å². The Labute approximate surface area is 94.9 Å². The number of rotatable bonds is 2. The van der Waals surface area contributed by atoms with Gasteiger partial charge >= 0.3 is 0 Å². The number of nitrogens with two attached hydrogens (primary N) is 1. The molecule has 0 aliphatic carbocycles. The number of hydrogen-bond acceptors (Lipinski definition) is 3. The second kappa shape index (κ2) is 4.59. The van der Waals surface area contributed by atoms with Gasteiger partial charge in [0.15, 0.2) is 0 Å². The maximum absolute atomic E-state index is 13.2. The summed E-state index contributed by atoms with van der Waals surface area (Å²) in [5.41, 5.74) is 5.85. The number of halogens is 2. The van der Waals surface area contributed by atoms with E-state index in [0.717, 1.165) is 11.1 Å². The third kappa shape index (κ3) is 2.45. The van der Waals surface area contributed by atoms with E-state index in [4.69, 9.17) is 5.73 Å². The normalized spacial score (nSPS) is 10.1. The second-order valence-electron chi connectivity index (χ2n) is 2.84. The molecule has 1 aromatic rings. The summed E-state index contributed by atoms with van der Waals surface area (Å²) in [4.78, 5) is 16.3. The fourth-order valence-electron chi connectivity index (χ4n) is 1.000. The second-order valence-corrected chi connectivity index (χ2v) is 3.69. The Morgan fingerprint density at radius 1 is 1.60 bits per heavy atom. The molecule has 0 fully saturated rings. The van der Waals surface area contributed by atoms with Gasteiger partial charge in [0.2, 0.25) is 0 Å². The number of carbonyl (C=O) groups is 1. The fourth-order valence-corrected chi connectivity index (χ4v) is 1.36. The van der Waals surface area contributed by atoms with Crippen LogP contribution in [0, 0.1) is 5.82 Å². The summed E-state index contributed by atoms with van der Waals surface area (Å²) in [6.07, 6.45) is 0. The standard InChI is InChI=1S/C9H10BrFN2O2/c1-13(15-2)9(14)5-3-7(11)6(10)4-8(5)12/h3-4H,12H2,1-2H3. The van der Waals surface area contributed by atoms with Crippen LogP contribution in [-0.4, -0.2) is 25.1 Å². The van der Waals surface area contributed by atoms with Crippen LogP contribution in [0.4, 0.5) is 10.1 Å². The van der Waals surface area contributed by atoms with Crippen LogP contribution in [0.1, 0.15) is 10.4 Å². The van der Waals surface area contributed by atoms with Crippen LogP contribution < -0.4 is 5.73 Å². The van der Waals surface area contributed by atoms with Crippen molar-refractivity contribution in [2.24, 2.45) is 0 Å². The van der Waals surface area contributed by atoms with E-state index in [1.165, 1.54) is 20.2 Å². The zero-order chi connectivity index (χ0) is 11.6. The summed E-state index contributed by atoms with van der Waals surface area (Å²) in [5.74, 6) is -1.04. The first-order chi connectivity index (χ1) is 6.97. The number of hydrogen-bond donors (Lipinski definition) is 1. The van der Waals surface area contributed by atoms with Crippen LogP contribution in [0.2, 0.25) is 0 Å². The zero-order valence-electron chi connectivity index (χ0n) is 8.25. The number of nitrogen functional groups attached to an aromatic ring is 1. The predicted octanol–water partition coefficient (Wildman–Crippen LogP) is 1.80. The molecule has 0 aromatic heterocycles. The summed E-state index contributed by atoms with van der Waals surface area (Å²) in [7, 11) is 2.75. The highest BCUT2D eigenvalue weighted by atomic mass is 79.9. The van der Waals surface area contributed by atoms with E-state index in [1.54, 1.807) is 0 Å². The smallest absolute Gasteiger partial charge is 0.279 e. The molecule has 0 heterocycles. The Kier molecular flexibility index (Phi) is 3.65. The summed E-state index contributed by atoms with van der Waals surface area (Å²) < 4.78 is 13.4. The number of amides is 1. The molecule has 0 aliphatic rings. The van der Waals surface area contributed by atoms with Crippen LogP contribution in [0.25, 0.3) is 0 Å². The Balaban J connectivity index is 3.15. The molecule has 6 heteroatoms. The molecule has 82 valence electrons. The molecule has 2 N–H and O–H groups in total. The van der Waals surface area contributed by atoms with E-state index in [2.05, 4.69) is 20.8 Å². The summed E-state index contributed by atoms with van der Waals surface area (Å²) >= 11 is 2.97. The lowest BCUT2D eigenvalue weighted by atomic mass is 10.1. The van der Waals surface area contributed by atoms with E-state index in [-0.39, 0.29) is 15.7 Å². The number of carbonyl (C=O) groups excluding carboxylic acids is 1. The number of anilines is 1. The van der Waals surface area contributed by atoms with Crippen LogP contribution in [-0.2, 0) is 4.84 Å². The topological polar surface area (TPSA) is 55.6 Å². The zero-order valence-corrected chi connectivity index (χ0v) is 9.84. The van der Waals surface area contributed by atoms with Gasteiger partial charge < -0.3 is 5.73 Å². The lowest BCUT2D eigenvalue weighted by Gasteiger charge is -2.15. The molecule has 0 aliphatic heterocycles. The molecule has 1 aromatic carbocycles. The third-order valence-corrected chi connectivity index (χ3v) is 2.49. The minimum absolute atomic E-state index is 0.0695. The monoisotopic (exact) mass is 276 g/mol. The molecular weight excluding hydrogens is 267 g/mol. The number of nitrogens with zero attached hydrogens (tertiary/aromatic N) is 1. The largest absolute Gasteiger partial charge is 0.398 e. The quantitative estimate of drug-likeness (QED) is 0.662. The molecule has 0 saturated heterocycles. The van der Waals surface area contributed by atoms with Gasteiger partial charge in [-0.1, -0.05) is 0 Å². The van der Waals surface area contributed by atoms with E-state index in [1.807, 2.05) is 0 Å². The first-order valence-corrected chi connectivity index (χ1v) is 4.83. The molecule has 15 heavy (non-hydrogen) atoms. The highest BCUT2D eigenvalue weighted by Gasteiger charge is 2.16. The molecule has 1 rings (SSSR count). The van der Waals surface area contributed by atoms with E-state index in [9.17, 15) is 9.18 Å². The lowest BCUT2D eigenvalue weighted by molar-refractivity contribution is -0.0756. The van der Waals surface area contributed by atoms with Crippen molar-refractivity contribution in [3.05, 3.63) is 28.0 Å². The van der Waals surface area contributed by atoms with Crippen molar-refractivity contribution in [1.82, 2.24) is 5.06 Å². The van der Waals surface area contributed by atoms with Crippen molar-refractivity contribution in [3.63, 3.8) is 0 Å². The molecule has 4 nitrogen and oxygen atoms in total. The Morgan fingerprint density at radius 3 is 2.73 bits per heavy atom. The van der Waals surface area contributed by atoms with Crippen molar-refractivity contribution < 1.29 is 14.0 Å². The summed E-state index contributed by atoms with van der Waals surface area (Å²) in [5, 5.41) is 0.971. The van der Waals surface area contributed by atoms with Crippen molar-refractivity contribution in [1.29, 1.82) is 0 Å². The predicted molar refractivity (Wildman–Crippen MR) is 57.6 cm³/mol. The maximum atomic E-state index is 13.2. The van der Waals surface area contributed by atoms with Crippen LogP contribution in [0.5, 0.6) is 0 Å². The molecule has 0 saturated carbocycles. The van der Waals surface area contributed by atoms with Gasteiger partial charge in [-0.25, -0.2) is 9.45 Å². The maximum Gasteiger partial charge on any atom is 0.279 e. The number of hydroxylamine groups is 2. The Bertz CT molecular complexity index is 398. The third-order valence-electron chi connectivity index (χ3n) is 1.88. The Morgan fingerprint density at radius 2 is 2.20 bits per heavy atom. The average molecular weight is 277 g/mol. The van der Waals surface area contributed by atoms with Gasteiger partial charge in [-0.2, -0.15) is 0 Å². The summed E-state index contributed by atoms with van der Waals surface area (Å²) in [6.45, 7) is 0. The van der Waals surface area contributed by atoms with Gasteiger partial charge in [0, 0.05) is 12.7 Å². The lowest BCUT2D eigenvalue weighted by Crippen LogP contribution is -2.26. The number of benzene rings is 1. The van der Waals surface area contributed by atoms with Crippen LogP contribution in [0.3, 0.4) is 0 Å². The molecule has 1 amide bonds. The fraction of sp³-hybridized carbons (Fsp3) is 0.222. The van der Waals surface area contributed by atoms with E-state index in [0.29, 0.717) is 0 Å².